The molecular weight excluding hydrogens is 458 g/mol. The Hall–Kier alpha value is -2.45. The minimum Gasteiger partial charge on any atom is -0.347 e. The Morgan fingerprint density at radius 2 is 1.55 bits per heavy atom. The minimum absolute atomic E-state index is 0.00666. The Labute approximate surface area is 189 Å². The SMILES string of the molecule is O=C(c1cn(CCCc2ccc(CCCCOP(=O)(O)O)cc2)c2ccccc12)C(F)(F)F. The lowest BCUT2D eigenvalue weighted by molar-refractivity contribution is -0.0884. The molecule has 0 saturated carbocycles. The highest BCUT2D eigenvalue weighted by Crippen LogP contribution is 2.35. The van der Waals surface area contributed by atoms with Crippen molar-refractivity contribution in [2.24, 2.45) is 0 Å². The Kier molecular flexibility index (Phi) is 8.13. The molecule has 0 aliphatic heterocycles. The summed E-state index contributed by atoms with van der Waals surface area (Å²) in [6.07, 6.45) is -0.169. The fraction of sp³-hybridized carbons (Fsp3) is 0.348. The van der Waals surface area contributed by atoms with Gasteiger partial charge >= 0.3 is 14.0 Å². The molecule has 3 rings (SSSR count). The van der Waals surface area contributed by atoms with E-state index in [1.54, 1.807) is 22.8 Å². The van der Waals surface area contributed by atoms with Gasteiger partial charge in [0.05, 0.1) is 12.2 Å². The van der Waals surface area contributed by atoms with Crippen molar-refractivity contribution < 1.29 is 36.8 Å². The third-order valence-electron chi connectivity index (χ3n) is 5.30. The molecule has 2 aromatic carbocycles. The van der Waals surface area contributed by atoms with Crippen molar-refractivity contribution in [3.63, 3.8) is 0 Å². The fourth-order valence-corrected chi connectivity index (χ4v) is 4.07. The van der Waals surface area contributed by atoms with Crippen LogP contribution in [0.5, 0.6) is 0 Å². The number of para-hydroxylation sites is 1. The molecule has 0 unspecified atom stereocenters. The molecule has 0 aliphatic rings. The zero-order chi connectivity index (χ0) is 24.1. The minimum atomic E-state index is -4.91. The summed E-state index contributed by atoms with van der Waals surface area (Å²) in [5.41, 5.74) is 2.46. The number of Topliss-reactive ketones (excluding diaryl/α,β-unsaturated/α-hetero) is 1. The molecule has 0 fully saturated rings. The van der Waals surface area contributed by atoms with Crippen molar-refractivity contribution in [1.82, 2.24) is 4.57 Å². The average molecular weight is 483 g/mol. The van der Waals surface area contributed by atoms with E-state index in [2.05, 4.69) is 4.52 Å². The topological polar surface area (TPSA) is 88.8 Å². The monoisotopic (exact) mass is 483 g/mol. The van der Waals surface area contributed by atoms with E-state index < -0.39 is 19.8 Å². The number of rotatable bonds is 11. The molecule has 0 atom stereocenters. The number of hydrogen-bond acceptors (Lipinski definition) is 3. The number of unbranched alkanes of at least 4 members (excludes halogenated alkanes) is 1. The Morgan fingerprint density at radius 3 is 2.15 bits per heavy atom. The van der Waals surface area contributed by atoms with Gasteiger partial charge in [-0.3, -0.25) is 9.32 Å². The zero-order valence-corrected chi connectivity index (χ0v) is 18.7. The van der Waals surface area contributed by atoms with Crippen LogP contribution in [-0.4, -0.2) is 32.9 Å². The zero-order valence-electron chi connectivity index (χ0n) is 17.8. The largest absolute Gasteiger partial charge is 0.469 e. The van der Waals surface area contributed by atoms with Gasteiger partial charge in [-0.05, 0) is 49.3 Å². The number of carbonyl (C=O) groups excluding carboxylic acids is 1. The number of aromatic nitrogens is 1. The normalized spacial score (nSPS) is 12.4. The number of hydrogen-bond donors (Lipinski definition) is 2. The van der Waals surface area contributed by atoms with Gasteiger partial charge < -0.3 is 14.4 Å². The molecule has 1 heterocycles. The number of alkyl halides is 3. The summed E-state index contributed by atoms with van der Waals surface area (Å²) in [5.74, 6) is -1.83. The van der Waals surface area contributed by atoms with Crippen LogP contribution in [0.25, 0.3) is 10.9 Å². The van der Waals surface area contributed by atoms with Gasteiger partial charge in [-0.2, -0.15) is 13.2 Å². The maximum atomic E-state index is 12.9. The van der Waals surface area contributed by atoms with E-state index in [-0.39, 0.29) is 12.2 Å². The second-order valence-corrected chi connectivity index (χ2v) is 9.02. The van der Waals surface area contributed by atoms with Gasteiger partial charge in [-0.15, -0.1) is 0 Å². The molecule has 3 aromatic rings. The molecule has 2 N–H and O–H groups in total. The fourth-order valence-electron chi connectivity index (χ4n) is 3.71. The number of aryl methyl sites for hydroxylation is 3. The summed E-state index contributed by atoms with van der Waals surface area (Å²) in [5, 5.41) is 0.301. The van der Waals surface area contributed by atoms with Gasteiger partial charge in [0, 0.05) is 23.6 Å². The summed E-state index contributed by atoms with van der Waals surface area (Å²) in [7, 11) is -4.41. The predicted octanol–water partition coefficient (Wildman–Crippen LogP) is 5.45. The van der Waals surface area contributed by atoms with E-state index in [1.807, 2.05) is 24.3 Å². The van der Waals surface area contributed by atoms with E-state index in [9.17, 15) is 22.5 Å². The molecule has 0 bridgehead atoms. The van der Waals surface area contributed by atoms with Crippen LogP contribution in [0.1, 0.15) is 40.7 Å². The van der Waals surface area contributed by atoms with E-state index in [4.69, 9.17) is 9.79 Å². The van der Waals surface area contributed by atoms with Gasteiger partial charge in [-0.25, -0.2) is 4.57 Å². The van der Waals surface area contributed by atoms with Crippen LogP contribution in [0.15, 0.2) is 54.7 Å². The number of carbonyl (C=O) groups is 1. The lowest BCUT2D eigenvalue weighted by Gasteiger charge is -2.07. The highest BCUT2D eigenvalue weighted by molar-refractivity contribution is 7.46. The van der Waals surface area contributed by atoms with Crippen LogP contribution in [-0.2, 0) is 28.5 Å². The molecular formula is C23H25F3NO5P. The van der Waals surface area contributed by atoms with Crippen LogP contribution in [0.4, 0.5) is 13.2 Å². The van der Waals surface area contributed by atoms with Crippen LogP contribution in [0.3, 0.4) is 0 Å². The second kappa shape index (κ2) is 10.7. The second-order valence-electron chi connectivity index (χ2n) is 7.78. The summed E-state index contributed by atoms with van der Waals surface area (Å²) >= 11 is 0. The quantitative estimate of drug-likeness (QED) is 0.215. The Balaban J connectivity index is 1.53. The number of halogens is 3. The van der Waals surface area contributed by atoms with Gasteiger partial charge in [0.1, 0.15) is 0 Å². The van der Waals surface area contributed by atoms with E-state index in [0.717, 1.165) is 30.4 Å². The van der Waals surface area contributed by atoms with Crippen molar-refractivity contribution in [3.8, 4) is 0 Å². The van der Waals surface area contributed by atoms with Crippen LogP contribution in [0, 0.1) is 0 Å². The summed E-state index contributed by atoms with van der Waals surface area (Å²) in [6.45, 7) is 0.486. The first-order chi connectivity index (χ1) is 15.5. The number of nitrogens with zero attached hydrogens (tertiary/aromatic N) is 1. The first kappa shape index (κ1) is 25.2. The summed E-state index contributed by atoms with van der Waals surface area (Å²) in [4.78, 5) is 29.1. The Morgan fingerprint density at radius 1 is 0.939 bits per heavy atom. The van der Waals surface area contributed by atoms with Gasteiger partial charge in [0.2, 0.25) is 0 Å². The van der Waals surface area contributed by atoms with Gasteiger partial charge in [0.25, 0.3) is 5.78 Å². The number of fused-ring (bicyclic) bond motifs is 1. The van der Waals surface area contributed by atoms with Crippen molar-refractivity contribution >= 4 is 24.5 Å². The smallest absolute Gasteiger partial charge is 0.347 e. The van der Waals surface area contributed by atoms with Crippen molar-refractivity contribution in [2.45, 2.75) is 44.8 Å². The van der Waals surface area contributed by atoms with Crippen molar-refractivity contribution in [1.29, 1.82) is 0 Å². The van der Waals surface area contributed by atoms with Gasteiger partial charge in [-0.1, -0.05) is 42.5 Å². The maximum Gasteiger partial charge on any atom is 0.469 e. The highest BCUT2D eigenvalue weighted by Gasteiger charge is 2.40. The summed E-state index contributed by atoms with van der Waals surface area (Å²) in [6, 6.07) is 14.6. The molecule has 0 aliphatic carbocycles. The van der Waals surface area contributed by atoms with Gasteiger partial charge in [0.15, 0.2) is 0 Å². The van der Waals surface area contributed by atoms with E-state index in [1.165, 1.54) is 12.3 Å². The molecule has 10 heteroatoms. The molecule has 0 spiro atoms. The third-order valence-corrected chi connectivity index (χ3v) is 5.82. The molecule has 1 aromatic heterocycles. The molecule has 0 saturated heterocycles. The first-order valence-corrected chi connectivity index (χ1v) is 12.0. The molecule has 6 nitrogen and oxygen atoms in total. The van der Waals surface area contributed by atoms with Crippen molar-refractivity contribution in [3.05, 3.63) is 71.4 Å². The van der Waals surface area contributed by atoms with E-state index in [0.29, 0.717) is 30.3 Å². The predicted molar refractivity (Wildman–Crippen MR) is 118 cm³/mol. The van der Waals surface area contributed by atoms with Crippen LogP contribution >= 0.6 is 7.82 Å². The number of ketones is 1. The molecule has 0 radical (unpaired) electrons. The highest BCUT2D eigenvalue weighted by atomic mass is 31.2. The number of benzene rings is 2. The standard InChI is InChI=1S/C23H25F3NO5P/c24-23(25,26)22(28)20-16-27(21-9-2-1-8-19(20)21)14-5-7-18-12-10-17(11-13-18)6-3-4-15-32-33(29,30)31/h1-2,8-13,16H,3-7,14-15H2,(H2,29,30,31). The third kappa shape index (κ3) is 7.27. The molecule has 0 amide bonds. The van der Waals surface area contributed by atoms with Crippen molar-refractivity contribution in [2.75, 3.05) is 6.61 Å². The van der Waals surface area contributed by atoms with Crippen LogP contribution < -0.4 is 0 Å². The summed E-state index contributed by atoms with van der Waals surface area (Å²) < 4.78 is 55.6. The average Bonchev–Trinajstić information content (AvgIpc) is 3.11. The number of phosphoric ester groups is 1. The number of phosphoric acid groups is 1. The lowest BCUT2D eigenvalue weighted by atomic mass is 10.0. The lowest BCUT2D eigenvalue weighted by Crippen LogP contribution is -2.22. The van der Waals surface area contributed by atoms with E-state index >= 15 is 0 Å². The molecule has 178 valence electrons. The Bertz CT molecular complexity index is 1140. The van der Waals surface area contributed by atoms with Crippen LogP contribution in [0.2, 0.25) is 0 Å². The maximum absolute atomic E-state index is 12.9. The first-order valence-electron chi connectivity index (χ1n) is 10.5. The molecule has 33 heavy (non-hydrogen) atoms.